The van der Waals surface area contributed by atoms with Crippen molar-refractivity contribution in [1.29, 1.82) is 0 Å². The molecule has 0 unspecified atom stereocenters. The highest BCUT2D eigenvalue weighted by atomic mass is 35.5. The second kappa shape index (κ2) is 7.97. The molecule has 0 aliphatic carbocycles. The van der Waals surface area contributed by atoms with Crippen LogP contribution in [0.15, 0.2) is 42.7 Å². The van der Waals surface area contributed by atoms with Gasteiger partial charge < -0.3 is 10.1 Å². The van der Waals surface area contributed by atoms with Crippen molar-refractivity contribution in [2.24, 2.45) is 0 Å². The highest BCUT2D eigenvalue weighted by Gasteiger charge is 2.20. The summed E-state index contributed by atoms with van der Waals surface area (Å²) >= 11 is 5.83. The van der Waals surface area contributed by atoms with E-state index in [1.807, 2.05) is 12.1 Å². The van der Waals surface area contributed by atoms with Crippen molar-refractivity contribution in [3.05, 3.63) is 64.6 Å². The van der Waals surface area contributed by atoms with Crippen molar-refractivity contribution in [3.63, 3.8) is 0 Å². The molecule has 3 aromatic rings. The molecule has 1 aromatic carbocycles. The van der Waals surface area contributed by atoms with Crippen LogP contribution in [0.2, 0.25) is 5.02 Å². The molecule has 3 rings (SSSR count). The molecule has 134 valence electrons. The number of aryl methyl sites for hydroxylation is 1. The number of hydrogen-bond donors (Lipinski definition) is 1. The minimum Gasteiger partial charge on any atom is -0.452 e. The number of carbonyl (C=O) groups is 2. The molecule has 7 nitrogen and oxygen atoms in total. The van der Waals surface area contributed by atoms with Crippen LogP contribution in [0.3, 0.4) is 0 Å². The van der Waals surface area contributed by atoms with Gasteiger partial charge in [0.15, 0.2) is 12.3 Å². The molecular formula is C18H17ClN4O3. The van der Waals surface area contributed by atoms with Crippen LogP contribution in [0.25, 0.3) is 5.65 Å². The summed E-state index contributed by atoms with van der Waals surface area (Å²) in [5.74, 6) is -0.988. The van der Waals surface area contributed by atoms with E-state index < -0.39 is 5.97 Å². The predicted octanol–water partition coefficient (Wildman–Crippen LogP) is 2.21. The Balaban J connectivity index is 1.50. The van der Waals surface area contributed by atoms with Crippen molar-refractivity contribution >= 4 is 29.1 Å². The average molecular weight is 373 g/mol. The van der Waals surface area contributed by atoms with E-state index in [2.05, 4.69) is 15.4 Å². The molecule has 0 fully saturated rings. The lowest BCUT2D eigenvalue weighted by atomic mass is 10.1. The van der Waals surface area contributed by atoms with Gasteiger partial charge in [0.1, 0.15) is 5.56 Å². The Bertz CT molecular complexity index is 937. The lowest BCUT2D eigenvalue weighted by Gasteiger charge is -2.07. The van der Waals surface area contributed by atoms with E-state index in [0.29, 0.717) is 29.3 Å². The summed E-state index contributed by atoms with van der Waals surface area (Å²) in [5, 5.41) is 7.58. The Kier molecular flexibility index (Phi) is 5.48. The Hall–Kier alpha value is -2.93. The maximum absolute atomic E-state index is 12.3. The number of halogens is 1. The smallest absolute Gasteiger partial charge is 0.344 e. The lowest BCUT2D eigenvalue weighted by Crippen LogP contribution is -2.30. The fraction of sp³-hybridized carbons (Fsp3) is 0.222. The van der Waals surface area contributed by atoms with Crippen LogP contribution in [0, 0.1) is 6.92 Å². The summed E-state index contributed by atoms with van der Waals surface area (Å²) in [6, 6.07) is 9.10. The number of rotatable bonds is 6. The minimum absolute atomic E-state index is 0.263. The topological polar surface area (TPSA) is 85.6 Å². The fourth-order valence-corrected chi connectivity index (χ4v) is 2.61. The fourth-order valence-electron chi connectivity index (χ4n) is 2.49. The summed E-state index contributed by atoms with van der Waals surface area (Å²) in [6.07, 6.45) is 3.92. The van der Waals surface area contributed by atoms with Gasteiger partial charge in [-0.3, -0.25) is 4.79 Å². The molecule has 2 heterocycles. The third-order valence-electron chi connectivity index (χ3n) is 3.76. The third-order valence-corrected chi connectivity index (χ3v) is 4.01. The monoisotopic (exact) mass is 372 g/mol. The van der Waals surface area contributed by atoms with Crippen molar-refractivity contribution in [3.8, 4) is 0 Å². The van der Waals surface area contributed by atoms with Gasteiger partial charge in [0.25, 0.3) is 5.91 Å². The van der Waals surface area contributed by atoms with E-state index in [9.17, 15) is 9.59 Å². The van der Waals surface area contributed by atoms with Crippen LogP contribution in [0.5, 0.6) is 0 Å². The summed E-state index contributed by atoms with van der Waals surface area (Å²) < 4.78 is 6.59. The first-order valence-electron chi connectivity index (χ1n) is 8.03. The van der Waals surface area contributed by atoms with Crippen molar-refractivity contribution in [1.82, 2.24) is 19.9 Å². The van der Waals surface area contributed by atoms with Crippen LogP contribution < -0.4 is 5.32 Å². The Morgan fingerprint density at radius 3 is 2.81 bits per heavy atom. The number of hydrogen-bond acceptors (Lipinski definition) is 5. The molecule has 0 bridgehead atoms. The normalized spacial score (nSPS) is 10.7. The molecule has 0 saturated heterocycles. The Morgan fingerprint density at radius 1 is 1.27 bits per heavy atom. The maximum atomic E-state index is 12.3. The number of aromatic nitrogens is 3. The summed E-state index contributed by atoms with van der Waals surface area (Å²) in [5.41, 5.74) is 2.22. The molecule has 0 saturated carbocycles. The largest absolute Gasteiger partial charge is 0.452 e. The second-order valence-electron chi connectivity index (χ2n) is 5.65. The molecule has 8 heteroatoms. The van der Waals surface area contributed by atoms with Crippen molar-refractivity contribution < 1.29 is 14.3 Å². The summed E-state index contributed by atoms with van der Waals surface area (Å²) in [4.78, 5) is 28.3. The van der Waals surface area contributed by atoms with E-state index in [1.54, 1.807) is 37.5 Å². The molecule has 0 radical (unpaired) electrons. The van der Waals surface area contributed by atoms with Crippen LogP contribution in [0.4, 0.5) is 0 Å². The van der Waals surface area contributed by atoms with Crippen LogP contribution >= 0.6 is 11.6 Å². The van der Waals surface area contributed by atoms with Crippen molar-refractivity contribution in [2.45, 2.75) is 13.3 Å². The SMILES string of the molecule is Cc1nn2cccnc2c1C(=O)OCC(=O)NCCc1ccc(Cl)cc1. The van der Waals surface area contributed by atoms with Gasteiger partial charge in [-0.15, -0.1) is 0 Å². The highest BCUT2D eigenvalue weighted by Crippen LogP contribution is 2.14. The molecule has 2 aromatic heterocycles. The number of nitrogens with one attached hydrogen (secondary N) is 1. The first-order valence-corrected chi connectivity index (χ1v) is 8.40. The van der Waals surface area contributed by atoms with Gasteiger partial charge in [-0.2, -0.15) is 5.10 Å². The molecule has 26 heavy (non-hydrogen) atoms. The zero-order chi connectivity index (χ0) is 18.5. The highest BCUT2D eigenvalue weighted by molar-refractivity contribution is 6.30. The van der Waals surface area contributed by atoms with Gasteiger partial charge in [-0.25, -0.2) is 14.3 Å². The van der Waals surface area contributed by atoms with E-state index in [1.165, 1.54) is 4.52 Å². The molecule has 1 N–H and O–H groups in total. The summed E-state index contributed by atoms with van der Waals surface area (Å²) in [6.45, 7) is 1.77. The standard InChI is InChI=1S/C18H17ClN4O3/c1-12-16(17-21-8-2-10-23(17)22-12)18(25)26-11-15(24)20-9-7-13-3-5-14(19)6-4-13/h2-6,8,10H,7,9,11H2,1H3,(H,20,24). The van der Waals surface area contributed by atoms with Gasteiger partial charge in [-0.1, -0.05) is 23.7 Å². The average Bonchev–Trinajstić information content (AvgIpc) is 2.97. The number of carbonyl (C=O) groups excluding carboxylic acids is 2. The molecule has 0 aliphatic rings. The van der Waals surface area contributed by atoms with Gasteiger partial charge in [0, 0.05) is 24.0 Å². The van der Waals surface area contributed by atoms with Crippen LogP contribution in [-0.4, -0.2) is 39.6 Å². The maximum Gasteiger partial charge on any atom is 0.344 e. The molecule has 0 atom stereocenters. The predicted molar refractivity (Wildman–Crippen MR) is 96.2 cm³/mol. The molecule has 1 amide bonds. The minimum atomic E-state index is -0.621. The quantitative estimate of drug-likeness (QED) is 0.670. The number of benzene rings is 1. The van der Waals surface area contributed by atoms with Gasteiger partial charge in [-0.05, 0) is 37.1 Å². The summed E-state index contributed by atoms with van der Waals surface area (Å²) in [7, 11) is 0. The van der Waals surface area contributed by atoms with Crippen LogP contribution in [-0.2, 0) is 16.0 Å². The molecule has 0 spiro atoms. The van der Waals surface area contributed by atoms with E-state index >= 15 is 0 Å². The van der Waals surface area contributed by atoms with E-state index in [4.69, 9.17) is 16.3 Å². The first-order chi connectivity index (χ1) is 12.5. The van der Waals surface area contributed by atoms with Gasteiger partial charge >= 0.3 is 5.97 Å². The Morgan fingerprint density at radius 2 is 2.04 bits per heavy atom. The number of fused-ring (bicyclic) bond motifs is 1. The van der Waals surface area contributed by atoms with Crippen LogP contribution in [0.1, 0.15) is 21.6 Å². The molecular weight excluding hydrogens is 356 g/mol. The van der Waals surface area contributed by atoms with E-state index in [0.717, 1.165) is 5.56 Å². The number of nitrogens with zero attached hydrogens (tertiary/aromatic N) is 3. The van der Waals surface area contributed by atoms with Crippen molar-refractivity contribution in [2.75, 3.05) is 13.2 Å². The lowest BCUT2D eigenvalue weighted by molar-refractivity contribution is -0.124. The van der Waals surface area contributed by atoms with Gasteiger partial charge in [0.05, 0.1) is 5.69 Å². The number of amides is 1. The third kappa shape index (κ3) is 4.18. The van der Waals surface area contributed by atoms with E-state index in [-0.39, 0.29) is 18.1 Å². The molecule has 0 aliphatic heterocycles. The second-order valence-corrected chi connectivity index (χ2v) is 6.09. The zero-order valence-corrected chi connectivity index (χ0v) is 14.9. The number of ether oxygens (including phenoxy) is 1. The zero-order valence-electron chi connectivity index (χ0n) is 14.1. The Labute approximate surface area is 154 Å². The first kappa shape index (κ1) is 17.9. The number of esters is 1. The van der Waals surface area contributed by atoms with Gasteiger partial charge in [0.2, 0.25) is 0 Å².